The molecular weight excluding hydrogens is 298 g/mol. The number of aryl methyl sites for hydroxylation is 1. The molecule has 2 fully saturated rings. The molecule has 0 bridgehead atoms. The van der Waals surface area contributed by atoms with Crippen molar-refractivity contribution in [3.8, 4) is 0 Å². The van der Waals surface area contributed by atoms with Crippen molar-refractivity contribution < 1.29 is 13.2 Å². The van der Waals surface area contributed by atoms with Crippen molar-refractivity contribution in [2.24, 2.45) is 5.41 Å². The van der Waals surface area contributed by atoms with Gasteiger partial charge in [-0.15, -0.1) is 0 Å². The fraction of sp³-hybridized carbons (Fsp3) is 0.647. The van der Waals surface area contributed by atoms with Gasteiger partial charge in [0.25, 0.3) is 0 Å². The topological polar surface area (TPSA) is 46.6 Å². The minimum Gasteiger partial charge on any atom is -0.381 e. The standard InChI is InChI=1S/C17H25NO3S/c1-15-4-2-5-16(12-15)22(19,20)11-3-8-18-9-6-17(13-18)7-10-21-14-17/h2,4-5,12H,3,6-11,13-14H2,1H3. The lowest BCUT2D eigenvalue weighted by Gasteiger charge is -2.21. The van der Waals surface area contributed by atoms with E-state index in [1.807, 2.05) is 19.1 Å². The highest BCUT2D eigenvalue weighted by molar-refractivity contribution is 7.91. The Morgan fingerprint density at radius 2 is 2.18 bits per heavy atom. The number of hydrogen-bond acceptors (Lipinski definition) is 4. The monoisotopic (exact) mass is 323 g/mol. The van der Waals surface area contributed by atoms with Gasteiger partial charge in [0, 0.05) is 18.6 Å². The van der Waals surface area contributed by atoms with E-state index < -0.39 is 9.84 Å². The second-order valence-electron chi connectivity index (χ2n) is 6.82. The molecule has 0 amide bonds. The smallest absolute Gasteiger partial charge is 0.178 e. The van der Waals surface area contributed by atoms with E-state index in [9.17, 15) is 8.42 Å². The molecule has 0 aromatic heterocycles. The predicted octanol–water partition coefficient (Wildman–Crippen LogP) is 2.27. The molecule has 2 heterocycles. The first-order chi connectivity index (χ1) is 10.5. The largest absolute Gasteiger partial charge is 0.381 e. The summed E-state index contributed by atoms with van der Waals surface area (Å²) in [6, 6.07) is 7.19. The van der Waals surface area contributed by atoms with Crippen LogP contribution in [-0.4, -0.2) is 51.9 Å². The van der Waals surface area contributed by atoms with E-state index in [2.05, 4.69) is 4.90 Å². The van der Waals surface area contributed by atoms with Crippen LogP contribution in [0.25, 0.3) is 0 Å². The summed E-state index contributed by atoms with van der Waals surface area (Å²) in [6.45, 7) is 6.70. The van der Waals surface area contributed by atoms with Gasteiger partial charge in [0.1, 0.15) is 0 Å². The van der Waals surface area contributed by atoms with Crippen molar-refractivity contribution in [2.45, 2.75) is 31.1 Å². The molecule has 1 aromatic rings. The van der Waals surface area contributed by atoms with E-state index in [4.69, 9.17) is 4.74 Å². The van der Waals surface area contributed by atoms with Crippen LogP contribution in [0.5, 0.6) is 0 Å². The Balaban J connectivity index is 1.51. The van der Waals surface area contributed by atoms with Gasteiger partial charge in [-0.2, -0.15) is 0 Å². The van der Waals surface area contributed by atoms with E-state index in [1.54, 1.807) is 12.1 Å². The molecule has 2 aliphatic heterocycles. The Morgan fingerprint density at radius 3 is 2.91 bits per heavy atom. The average molecular weight is 323 g/mol. The fourth-order valence-electron chi connectivity index (χ4n) is 3.59. The molecule has 0 N–H and O–H groups in total. The maximum Gasteiger partial charge on any atom is 0.178 e. The number of hydrogen-bond donors (Lipinski definition) is 0. The molecule has 4 nitrogen and oxygen atoms in total. The minimum absolute atomic E-state index is 0.233. The highest BCUT2D eigenvalue weighted by atomic mass is 32.2. The molecule has 2 saturated heterocycles. The van der Waals surface area contributed by atoms with Crippen molar-refractivity contribution in [3.63, 3.8) is 0 Å². The maximum absolute atomic E-state index is 12.4. The van der Waals surface area contributed by atoms with Crippen LogP contribution in [0, 0.1) is 12.3 Å². The highest BCUT2D eigenvalue weighted by Crippen LogP contribution is 2.38. The molecule has 122 valence electrons. The summed E-state index contributed by atoms with van der Waals surface area (Å²) in [7, 11) is -3.15. The number of benzene rings is 1. The lowest BCUT2D eigenvalue weighted by atomic mass is 9.87. The first-order valence-corrected chi connectivity index (χ1v) is 9.74. The third-order valence-corrected chi connectivity index (χ3v) is 6.74. The van der Waals surface area contributed by atoms with Crippen LogP contribution < -0.4 is 0 Å². The third kappa shape index (κ3) is 3.53. The van der Waals surface area contributed by atoms with Gasteiger partial charge in [0.15, 0.2) is 9.84 Å². The molecule has 3 rings (SSSR count). The molecule has 1 atom stereocenters. The number of rotatable bonds is 5. The fourth-order valence-corrected chi connectivity index (χ4v) is 4.99. The summed E-state index contributed by atoms with van der Waals surface area (Å²) in [5.41, 5.74) is 1.35. The number of likely N-dealkylation sites (tertiary alicyclic amines) is 1. The average Bonchev–Trinajstić information content (AvgIpc) is 3.10. The Labute approximate surface area is 133 Å². The zero-order valence-corrected chi connectivity index (χ0v) is 14.1. The van der Waals surface area contributed by atoms with Crippen molar-refractivity contribution in [1.29, 1.82) is 0 Å². The summed E-state index contributed by atoms with van der Waals surface area (Å²) in [6.07, 6.45) is 3.05. The van der Waals surface area contributed by atoms with Gasteiger partial charge in [0.05, 0.1) is 17.3 Å². The second kappa shape index (κ2) is 6.30. The molecule has 1 aromatic carbocycles. The van der Waals surface area contributed by atoms with E-state index in [0.717, 1.165) is 44.8 Å². The van der Waals surface area contributed by atoms with Gasteiger partial charge < -0.3 is 9.64 Å². The van der Waals surface area contributed by atoms with Gasteiger partial charge in [-0.25, -0.2) is 8.42 Å². The summed E-state index contributed by atoms with van der Waals surface area (Å²) in [4.78, 5) is 2.86. The first kappa shape index (κ1) is 16.0. The molecule has 5 heteroatoms. The molecule has 1 spiro atoms. The molecular formula is C17H25NO3S. The van der Waals surface area contributed by atoms with Gasteiger partial charge in [-0.05, 0) is 57.0 Å². The van der Waals surface area contributed by atoms with E-state index in [1.165, 1.54) is 6.42 Å². The van der Waals surface area contributed by atoms with E-state index >= 15 is 0 Å². The van der Waals surface area contributed by atoms with Gasteiger partial charge in [-0.1, -0.05) is 12.1 Å². The quantitative estimate of drug-likeness (QED) is 0.834. The molecule has 2 aliphatic rings. The number of ether oxygens (including phenoxy) is 1. The second-order valence-corrected chi connectivity index (χ2v) is 8.93. The number of nitrogens with zero attached hydrogens (tertiary/aromatic N) is 1. The Hall–Kier alpha value is -0.910. The van der Waals surface area contributed by atoms with E-state index in [-0.39, 0.29) is 5.75 Å². The van der Waals surface area contributed by atoms with Crippen molar-refractivity contribution in [1.82, 2.24) is 4.90 Å². The van der Waals surface area contributed by atoms with Crippen LogP contribution in [0.15, 0.2) is 29.2 Å². The maximum atomic E-state index is 12.4. The molecule has 0 aliphatic carbocycles. The third-order valence-electron chi connectivity index (χ3n) is 4.94. The Bertz CT molecular complexity index is 621. The Kier molecular flexibility index (Phi) is 4.57. The van der Waals surface area contributed by atoms with Crippen LogP contribution >= 0.6 is 0 Å². The summed E-state index contributed by atoms with van der Waals surface area (Å²) in [5, 5.41) is 0. The highest BCUT2D eigenvalue weighted by Gasteiger charge is 2.40. The van der Waals surface area contributed by atoms with Crippen molar-refractivity contribution in [2.75, 3.05) is 38.6 Å². The van der Waals surface area contributed by atoms with Crippen LogP contribution in [0.1, 0.15) is 24.8 Å². The minimum atomic E-state index is -3.15. The first-order valence-electron chi connectivity index (χ1n) is 8.09. The predicted molar refractivity (Wildman–Crippen MR) is 86.8 cm³/mol. The summed E-state index contributed by atoms with van der Waals surface area (Å²) in [5.74, 6) is 0.233. The van der Waals surface area contributed by atoms with Gasteiger partial charge in [-0.3, -0.25) is 0 Å². The summed E-state index contributed by atoms with van der Waals surface area (Å²) < 4.78 is 30.3. The van der Waals surface area contributed by atoms with Crippen molar-refractivity contribution in [3.05, 3.63) is 29.8 Å². The van der Waals surface area contributed by atoms with Crippen LogP contribution in [0.3, 0.4) is 0 Å². The number of sulfone groups is 1. The van der Waals surface area contributed by atoms with Crippen LogP contribution in [-0.2, 0) is 14.6 Å². The molecule has 0 radical (unpaired) electrons. The van der Waals surface area contributed by atoms with E-state index in [0.29, 0.717) is 16.7 Å². The molecule has 0 saturated carbocycles. The SMILES string of the molecule is Cc1cccc(S(=O)(=O)CCCN2CCC3(CCOC3)C2)c1. The van der Waals surface area contributed by atoms with Crippen LogP contribution in [0.2, 0.25) is 0 Å². The normalized spacial score (nSPS) is 26.0. The lowest BCUT2D eigenvalue weighted by Crippen LogP contribution is -2.29. The Morgan fingerprint density at radius 1 is 1.32 bits per heavy atom. The zero-order valence-electron chi connectivity index (χ0n) is 13.3. The molecule has 22 heavy (non-hydrogen) atoms. The van der Waals surface area contributed by atoms with Crippen LogP contribution in [0.4, 0.5) is 0 Å². The molecule has 1 unspecified atom stereocenters. The summed E-state index contributed by atoms with van der Waals surface area (Å²) >= 11 is 0. The zero-order chi connectivity index (χ0) is 15.6. The van der Waals surface area contributed by atoms with Gasteiger partial charge in [0.2, 0.25) is 0 Å². The lowest BCUT2D eigenvalue weighted by molar-refractivity contribution is 0.152. The van der Waals surface area contributed by atoms with Crippen molar-refractivity contribution >= 4 is 9.84 Å². The van der Waals surface area contributed by atoms with Gasteiger partial charge >= 0.3 is 0 Å².